The molecule has 0 aliphatic carbocycles. The summed E-state index contributed by atoms with van der Waals surface area (Å²) >= 11 is 1.38. The van der Waals surface area contributed by atoms with E-state index in [1.807, 2.05) is 37.4 Å². The topological polar surface area (TPSA) is 116 Å². The van der Waals surface area contributed by atoms with Crippen LogP contribution in [0.2, 0.25) is 0 Å². The number of nitrogens with one attached hydrogen (secondary N) is 1. The van der Waals surface area contributed by atoms with E-state index in [4.69, 9.17) is 4.74 Å². The number of fused-ring (bicyclic) bond motifs is 3. The molecule has 0 bridgehead atoms. The average molecular weight is 420 g/mol. The van der Waals surface area contributed by atoms with Gasteiger partial charge in [-0.2, -0.15) is 10.1 Å². The van der Waals surface area contributed by atoms with Crippen molar-refractivity contribution in [1.29, 1.82) is 0 Å². The first-order chi connectivity index (χ1) is 14.6. The van der Waals surface area contributed by atoms with Crippen molar-refractivity contribution in [2.24, 2.45) is 0 Å². The van der Waals surface area contributed by atoms with E-state index in [-0.39, 0.29) is 11.1 Å². The van der Waals surface area contributed by atoms with Crippen LogP contribution < -0.4 is 10.3 Å². The smallest absolute Gasteiger partial charge is 0.287 e. The van der Waals surface area contributed by atoms with Crippen molar-refractivity contribution >= 4 is 28.4 Å². The van der Waals surface area contributed by atoms with Crippen LogP contribution in [-0.4, -0.2) is 52.9 Å². The number of hydrogen-bond acceptors (Lipinski definition) is 8. The van der Waals surface area contributed by atoms with Crippen LogP contribution in [0.25, 0.3) is 33.8 Å². The number of methoxy groups -OCH3 is 1. The molecule has 10 nitrogen and oxygen atoms in total. The lowest BCUT2D eigenvalue weighted by Crippen LogP contribution is -2.21. The number of nitrogens with zero attached hydrogens (tertiary/aromatic N) is 7. The first-order valence-electron chi connectivity index (χ1n) is 8.99. The van der Waals surface area contributed by atoms with Crippen LogP contribution in [0.3, 0.4) is 0 Å². The monoisotopic (exact) mass is 420 g/mol. The van der Waals surface area contributed by atoms with Gasteiger partial charge in [-0.05, 0) is 36.9 Å². The quantitative estimate of drug-likeness (QED) is 0.440. The zero-order valence-corrected chi connectivity index (χ0v) is 17.1. The summed E-state index contributed by atoms with van der Waals surface area (Å²) in [4.78, 5) is 17.3. The van der Waals surface area contributed by atoms with E-state index in [0.717, 1.165) is 22.6 Å². The minimum Gasteiger partial charge on any atom is -0.497 e. The summed E-state index contributed by atoms with van der Waals surface area (Å²) in [5.74, 6) is 1.09. The molecule has 5 rings (SSSR count). The number of pyridine rings is 1. The summed E-state index contributed by atoms with van der Waals surface area (Å²) in [5.41, 5.74) is 3.56. The number of rotatable bonds is 4. The number of aryl methyl sites for hydroxylation is 1. The number of aromatic nitrogens is 8. The summed E-state index contributed by atoms with van der Waals surface area (Å²) < 4.78 is 8.24. The third-order valence-corrected chi connectivity index (χ3v) is 5.34. The standard InChI is InChI=1S/C19H16N8O2S/c1-10-14(11-4-6-12(29-2)7-5-11)16-22-21-15-13(27(16)25-10)8-9-26(17(15)28)18-20-19(30-3)24-23-18/h4-9H,1-3H3,(H,20,23,24). The second-order valence-electron chi connectivity index (χ2n) is 6.49. The van der Waals surface area contributed by atoms with Crippen LogP contribution >= 0.6 is 11.8 Å². The highest BCUT2D eigenvalue weighted by molar-refractivity contribution is 7.98. The van der Waals surface area contributed by atoms with Gasteiger partial charge >= 0.3 is 0 Å². The fourth-order valence-corrected chi connectivity index (χ4v) is 3.67. The molecule has 1 aromatic carbocycles. The molecule has 0 atom stereocenters. The lowest BCUT2D eigenvalue weighted by Gasteiger charge is -2.05. The van der Waals surface area contributed by atoms with E-state index in [1.54, 1.807) is 23.9 Å². The molecule has 0 fully saturated rings. The summed E-state index contributed by atoms with van der Waals surface area (Å²) in [5, 5.41) is 20.5. The van der Waals surface area contributed by atoms with Gasteiger partial charge in [-0.1, -0.05) is 23.9 Å². The molecule has 150 valence electrons. The van der Waals surface area contributed by atoms with E-state index in [2.05, 4.69) is 30.5 Å². The Balaban J connectivity index is 1.70. The van der Waals surface area contributed by atoms with E-state index in [0.29, 0.717) is 22.3 Å². The normalized spacial score (nSPS) is 11.4. The summed E-state index contributed by atoms with van der Waals surface area (Å²) in [6.45, 7) is 1.90. The van der Waals surface area contributed by atoms with E-state index in [9.17, 15) is 4.79 Å². The zero-order valence-electron chi connectivity index (χ0n) is 16.3. The maximum Gasteiger partial charge on any atom is 0.287 e. The highest BCUT2D eigenvalue weighted by atomic mass is 32.2. The second-order valence-corrected chi connectivity index (χ2v) is 7.27. The van der Waals surface area contributed by atoms with Gasteiger partial charge in [-0.3, -0.25) is 9.36 Å². The average Bonchev–Trinajstić information content (AvgIpc) is 3.38. The Bertz CT molecular complexity index is 1450. The predicted octanol–water partition coefficient (Wildman–Crippen LogP) is 2.25. The molecular weight excluding hydrogens is 404 g/mol. The summed E-state index contributed by atoms with van der Waals surface area (Å²) in [6.07, 6.45) is 3.49. The SMILES string of the molecule is COc1ccc(-c2c(C)nn3c2nnc2c(=O)n(-c4nc(SC)n[nH]4)ccc23)cc1. The molecule has 0 spiro atoms. The molecule has 5 aromatic rings. The molecule has 0 unspecified atom stereocenters. The van der Waals surface area contributed by atoms with Crippen molar-refractivity contribution in [3.05, 3.63) is 52.6 Å². The van der Waals surface area contributed by atoms with Gasteiger partial charge in [-0.15, -0.1) is 15.3 Å². The van der Waals surface area contributed by atoms with Crippen molar-refractivity contribution in [2.45, 2.75) is 12.1 Å². The third kappa shape index (κ3) is 2.74. The van der Waals surface area contributed by atoms with Gasteiger partial charge in [0.25, 0.3) is 5.56 Å². The largest absolute Gasteiger partial charge is 0.497 e. The van der Waals surface area contributed by atoms with Gasteiger partial charge in [0.1, 0.15) is 11.3 Å². The Morgan fingerprint density at radius 2 is 1.93 bits per heavy atom. The first kappa shape index (κ1) is 18.3. The van der Waals surface area contributed by atoms with Gasteiger partial charge in [0.15, 0.2) is 11.2 Å². The molecule has 4 aromatic heterocycles. The first-order valence-corrected chi connectivity index (χ1v) is 10.2. The van der Waals surface area contributed by atoms with Gasteiger partial charge < -0.3 is 4.74 Å². The highest BCUT2D eigenvalue weighted by Crippen LogP contribution is 2.29. The van der Waals surface area contributed by atoms with E-state index < -0.39 is 0 Å². The van der Waals surface area contributed by atoms with Crippen molar-refractivity contribution in [1.82, 2.24) is 39.6 Å². The third-order valence-electron chi connectivity index (χ3n) is 4.80. The van der Waals surface area contributed by atoms with Gasteiger partial charge in [0, 0.05) is 6.20 Å². The lowest BCUT2D eigenvalue weighted by atomic mass is 10.1. The molecule has 11 heteroatoms. The van der Waals surface area contributed by atoms with Crippen LogP contribution in [0.4, 0.5) is 0 Å². The van der Waals surface area contributed by atoms with Crippen molar-refractivity contribution in [3.8, 4) is 22.8 Å². The molecule has 1 N–H and O–H groups in total. The Kier molecular flexibility index (Phi) is 4.24. The zero-order chi connectivity index (χ0) is 20.8. The number of hydrogen-bond donors (Lipinski definition) is 1. The van der Waals surface area contributed by atoms with E-state index in [1.165, 1.54) is 16.3 Å². The molecule has 0 aliphatic heterocycles. The van der Waals surface area contributed by atoms with E-state index >= 15 is 0 Å². The van der Waals surface area contributed by atoms with Crippen LogP contribution in [0.5, 0.6) is 5.75 Å². The Labute approximate surface area is 173 Å². The minimum absolute atomic E-state index is 0.191. The van der Waals surface area contributed by atoms with Crippen LogP contribution in [0, 0.1) is 6.92 Å². The van der Waals surface area contributed by atoms with Gasteiger partial charge in [0.2, 0.25) is 11.1 Å². The fourth-order valence-electron chi connectivity index (χ4n) is 3.35. The molecule has 0 saturated heterocycles. The molecular formula is C19H16N8O2S. The van der Waals surface area contributed by atoms with Crippen molar-refractivity contribution in [3.63, 3.8) is 0 Å². The number of H-pyrrole nitrogens is 1. The summed E-state index contributed by atoms with van der Waals surface area (Å²) in [7, 11) is 1.63. The van der Waals surface area contributed by atoms with Gasteiger partial charge in [-0.25, -0.2) is 9.61 Å². The maximum absolute atomic E-state index is 13.0. The summed E-state index contributed by atoms with van der Waals surface area (Å²) in [6, 6.07) is 9.42. The predicted molar refractivity (Wildman–Crippen MR) is 112 cm³/mol. The molecule has 0 aliphatic rings. The van der Waals surface area contributed by atoms with Crippen molar-refractivity contribution < 1.29 is 4.74 Å². The fraction of sp³-hybridized carbons (Fsp3) is 0.158. The van der Waals surface area contributed by atoms with Crippen LogP contribution in [0.15, 0.2) is 46.5 Å². The second kappa shape index (κ2) is 6.95. The maximum atomic E-state index is 13.0. The number of aromatic amines is 1. The molecule has 0 radical (unpaired) electrons. The molecule has 0 saturated carbocycles. The Hall–Kier alpha value is -3.73. The Morgan fingerprint density at radius 1 is 1.13 bits per heavy atom. The lowest BCUT2D eigenvalue weighted by molar-refractivity contribution is 0.415. The molecule has 0 amide bonds. The molecule has 30 heavy (non-hydrogen) atoms. The van der Waals surface area contributed by atoms with Crippen LogP contribution in [-0.2, 0) is 0 Å². The number of ether oxygens (including phenoxy) is 1. The minimum atomic E-state index is -0.357. The molecule has 4 heterocycles. The highest BCUT2D eigenvalue weighted by Gasteiger charge is 2.18. The van der Waals surface area contributed by atoms with Gasteiger partial charge in [0.05, 0.1) is 18.4 Å². The number of thioether (sulfide) groups is 1. The number of benzene rings is 1. The van der Waals surface area contributed by atoms with Crippen molar-refractivity contribution in [2.75, 3.05) is 13.4 Å². The van der Waals surface area contributed by atoms with Crippen LogP contribution in [0.1, 0.15) is 5.69 Å². The Morgan fingerprint density at radius 3 is 2.63 bits per heavy atom.